The summed E-state index contributed by atoms with van der Waals surface area (Å²) in [6, 6.07) is 2.82. The van der Waals surface area contributed by atoms with E-state index < -0.39 is 5.97 Å². The SMILES string of the molecule is CC(=O)NCC1CCN(C(=O)c2ccc(C(=O)O)nc2)CC1. The number of nitrogens with one attached hydrogen (secondary N) is 1. The second-order valence-corrected chi connectivity index (χ2v) is 5.41. The van der Waals surface area contributed by atoms with Crippen LogP contribution < -0.4 is 5.32 Å². The first-order chi connectivity index (χ1) is 10.5. The summed E-state index contributed by atoms with van der Waals surface area (Å²) >= 11 is 0. The molecule has 0 aromatic carbocycles. The number of aromatic carboxylic acids is 1. The number of aromatic nitrogens is 1. The van der Waals surface area contributed by atoms with Gasteiger partial charge in [-0.25, -0.2) is 9.78 Å². The standard InChI is InChI=1S/C15H19N3O4/c1-10(19)16-8-11-4-6-18(7-5-11)14(20)12-2-3-13(15(21)22)17-9-12/h2-3,9,11H,4-8H2,1H3,(H,16,19)(H,21,22). The van der Waals surface area contributed by atoms with Gasteiger partial charge in [0.25, 0.3) is 5.91 Å². The Morgan fingerprint density at radius 1 is 1.32 bits per heavy atom. The number of carbonyl (C=O) groups is 3. The number of piperidine rings is 1. The molecule has 0 spiro atoms. The second kappa shape index (κ2) is 7.02. The summed E-state index contributed by atoms with van der Waals surface area (Å²) in [5.74, 6) is -0.899. The number of rotatable bonds is 4. The van der Waals surface area contributed by atoms with Crippen LogP contribution in [0.25, 0.3) is 0 Å². The van der Waals surface area contributed by atoms with Crippen molar-refractivity contribution in [3.05, 3.63) is 29.6 Å². The molecule has 2 N–H and O–H groups in total. The van der Waals surface area contributed by atoms with E-state index >= 15 is 0 Å². The van der Waals surface area contributed by atoms with E-state index in [1.165, 1.54) is 25.3 Å². The van der Waals surface area contributed by atoms with Gasteiger partial charge in [0.2, 0.25) is 5.91 Å². The van der Waals surface area contributed by atoms with Gasteiger partial charge in [-0.3, -0.25) is 9.59 Å². The van der Waals surface area contributed by atoms with Gasteiger partial charge in [-0.1, -0.05) is 0 Å². The third-order valence-electron chi connectivity index (χ3n) is 3.77. The molecule has 0 radical (unpaired) electrons. The molecule has 0 unspecified atom stereocenters. The molecule has 0 bridgehead atoms. The third-order valence-corrected chi connectivity index (χ3v) is 3.77. The summed E-state index contributed by atoms with van der Waals surface area (Å²) < 4.78 is 0. The molecule has 1 saturated heterocycles. The number of carboxylic acid groups (broad SMARTS) is 1. The van der Waals surface area contributed by atoms with Crippen molar-refractivity contribution in [2.24, 2.45) is 5.92 Å². The number of hydrogen-bond acceptors (Lipinski definition) is 4. The molecule has 2 rings (SSSR count). The molecule has 1 aromatic heterocycles. The van der Waals surface area contributed by atoms with Crippen molar-refractivity contribution >= 4 is 17.8 Å². The minimum Gasteiger partial charge on any atom is -0.477 e. The number of pyridine rings is 1. The molecule has 1 fully saturated rings. The molecule has 2 heterocycles. The zero-order valence-electron chi connectivity index (χ0n) is 12.4. The highest BCUT2D eigenvalue weighted by atomic mass is 16.4. The summed E-state index contributed by atoms with van der Waals surface area (Å²) in [7, 11) is 0. The van der Waals surface area contributed by atoms with Crippen molar-refractivity contribution in [3.8, 4) is 0 Å². The Morgan fingerprint density at radius 3 is 2.50 bits per heavy atom. The van der Waals surface area contributed by atoms with Crippen molar-refractivity contribution in [3.63, 3.8) is 0 Å². The molecule has 7 heteroatoms. The minimum absolute atomic E-state index is 0.0388. The summed E-state index contributed by atoms with van der Waals surface area (Å²) in [4.78, 5) is 39.5. The van der Waals surface area contributed by atoms with Crippen LogP contribution in [-0.2, 0) is 4.79 Å². The Balaban J connectivity index is 1.89. The molecule has 0 saturated carbocycles. The Bertz CT molecular complexity index is 563. The number of carbonyl (C=O) groups excluding carboxylic acids is 2. The number of likely N-dealkylation sites (tertiary alicyclic amines) is 1. The highest BCUT2D eigenvalue weighted by Crippen LogP contribution is 2.18. The van der Waals surface area contributed by atoms with Gasteiger partial charge in [0.15, 0.2) is 0 Å². The molecular weight excluding hydrogens is 286 g/mol. The van der Waals surface area contributed by atoms with Crippen LogP contribution >= 0.6 is 0 Å². The van der Waals surface area contributed by atoms with E-state index in [-0.39, 0.29) is 17.5 Å². The molecule has 22 heavy (non-hydrogen) atoms. The first-order valence-corrected chi connectivity index (χ1v) is 7.20. The lowest BCUT2D eigenvalue weighted by Gasteiger charge is -2.32. The minimum atomic E-state index is -1.11. The quantitative estimate of drug-likeness (QED) is 0.856. The maximum atomic E-state index is 12.3. The lowest BCUT2D eigenvalue weighted by Crippen LogP contribution is -2.41. The highest BCUT2D eigenvalue weighted by Gasteiger charge is 2.24. The number of amides is 2. The molecule has 1 aliphatic heterocycles. The molecule has 1 aliphatic rings. The van der Waals surface area contributed by atoms with Crippen molar-refractivity contribution in [1.82, 2.24) is 15.2 Å². The number of nitrogens with zero attached hydrogens (tertiary/aromatic N) is 2. The fourth-order valence-electron chi connectivity index (χ4n) is 2.46. The maximum Gasteiger partial charge on any atom is 0.354 e. The van der Waals surface area contributed by atoms with Gasteiger partial charge in [-0.15, -0.1) is 0 Å². The van der Waals surface area contributed by atoms with Crippen LogP contribution in [0.1, 0.15) is 40.6 Å². The average Bonchev–Trinajstić information content (AvgIpc) is 2.53. The van der Waals surface area contributed by atoms with Gasteiger partial charge in [0.05, 0.1) is 5.56 Å². The molecule has 2 amide bonds. The van der Waals surface area contributed by atoms with Gasteiger partial charge in [-0.05, 0) is 30.9 Å². The van der Waals surface area contributed by atoms with Crippen molar-refractivity contribution in [2.45, 2.75) is 19.8 Å². The Morgan fingerprint density at radius 2 is 2.00 bits per heavy atom. The van der Waals surface area contributed by atoms with Crippen LogP contribution in [0.3, 0.4) is 0 Å². The van der Waals surface area contributed by atoms with Gasteiger partial charge < -0.3 is 15.3 Å². The summed E-state index contributed by atoms with van der Waals surface area (Å²) in [6.45, 7) is 3.40. The predicted octanol–water partition coefficient (Wildman–Crippen LogP) is 0.768. The zero-order chi connectivity index (χ0) is 16.1. The van der Waals surface area contributed by atoms with E-state index in [0.29, 0.717) is 31.1 Å². The lowest BCUT2D eigenvalue weighted by atomic mass is 9.96. The monoisotopic (exact) mass is 305 g/mol. The summed E-state index contributed by atoms with van der Waals surface area (Å²) in [5, 5.41) is 11.6. The first kappa shape index (κ1) is 15.9. The van der Waals surface area contributed by atoms with Crippen molar-refractivity contribution in [2.75, 3.05) is 19.6 Å². The Labute approximate surface area is 128 Å². The Kier molecular flexibility index (Phi) is 5.08. The first-order valence-electron chi connectivity index (χ1n) is 7.20. The van der Waals surface area contributed by atoms with E-state index in [1.54, 1.807) is 4.90 Å². The van der Waals surface area contributed by atoms with Crippen LogP contribution in [0.2, 0.25) is 0 Å². The van der Waals surface area contributed by atoms with E-state index in [9.17, 15) is 14.4 Å². The van der Waals surface area contributed by atoms with Crippen LogP contribution in [0.15, 0.2) is 18.3 Å². The normalized spacial score (nSPS) is 15.4. The van der Waals surface area contributed by atoms with Crippen molar-refractivity contribution in [1.29, 1.82) is 0 Å². The van der Waals surface area contributed by atoms with Crippen LogP contribution in [0.5, 0.6) is 0 Å². The zero-order valence-corrected chi connectivity index (χ0v) is 12.4. The van der Waals surface area contributed by atoms with Gasteiger partial charge in [-0.2, -0.15) is 0 Å². The van der Waals surface area contributed by atoms with Gasteiger partial charge >= 0.3 is 5.97 Å². The van der Waals surface area contributed by atoms with Crippen LogP contribution in [0, 0.1) is 5.92 Å². The Hall–Kier alpha value is -2.44. The summed E-state index contributed by atoms with van der Waals surface area (Å²) in [5.41, 5.74) is 0.316. The topological polar surface area (TPSA) is 99.6 Å². The predicted molar refractivity (Wildman–Crippen MR) is 78.5 cm³/mol. The molecule has 0 atom stereocenters. The molecule has 118 valence electrons. The van der Waals surface area contributed by atoms with E-state index in [2.05, 4.69) is 10.3 Å². The van der Waals surface area contributed by atoms with Crippen molar-refractivity contribution < 1.29 is 19.5 Å². The second-order valence-electron chi connectivity index (χ2n) is 5.41. The van der Waals surface area contributed by atoms with Gasteiger partial charge in [0, 0.05) is 32.8 Å². The summed E-state index contributed by atoms with van der Waals surface area (Å²) in [6.07, 6.45) is 2.98. The fraction of sp³-hybridized carbons (Fsp3) is 0.467. The van der Waals surface area contributed by atoms with Gasteiger partial charge in [0.1, 0.15) is 5.69 Å². The molecule has 1 aromatic rings. The van der Waals surface area contributed by atoms with E-state index in [4.69, 9.17) is 5.11 Å². The molecule has 7 nitrogen and oxygen atoms in total. The van der Waals surface area contributed by atoms with Crippen LogP contribution in [-0.4, -0.2) is 52.4 Å². The largest absolute Gasteiger partial charge is 0.477 e. The number of carboxylic acids is 1. The molecule has 0 aliphatic carbocycles. The highest BCUT2D eigenvalue weighted by molar-refractivity contribution is 5.95. The average molecular weight is 305 g/mol. The fourth-order valence-corrected chi connectivity index (χ4v) is 2.46. The number of hydrogen-bond donors (Lipinski definition) is 2. The van der Waals surface area contributed by atoms with E-state index in [1.807, 2.05) is 0 Å². The lowest BCUT2D eigenvalue weighted by molar-refractivity contribution is -0.119. The smallest absolute Gasteiger partial charge is 0.354 e. The maximum absolute atomic E-state index is 12.3. The molecular formula is C15H19N3O4. The van der Waals surface area contributed by atoms with Crippen LogP contribution in [0.4, 0.5) is 0 Å². The van der Waals surface area contributed by atoms with E-state index in [0.717, 1.165) is 12.8 Å². The third kappa shape index (κ3) is 4.03.